The Morgan fingerprint density at radius 2 is 1.76 bits per heavy atom. The van der Waals surface area contributed by atoms with Crippen LogP contribution in [0.1, 0.15) is 25.2 Å². The fourth-order valence-corrected chi connectivity index (χ4v) is 3.78. The third kappa shape index (κ3) is 5.28. The number of nitrogens with zero attached hydrogens (tertiary/aromatic N) is 3. The average Bonchev–Trinajstić information content (AvgIpc) is 3.24. The van der Waals surface area contributed by atoms with Crippen LogP contribution in [0.15, 0.2) is 34.9 Å². The molecule has 10 heteroatoms. The van der Waals surface area contributed by atoms with E-state index in [9.17, 15) is 8.78 Å². The molecule has 0 radical (unpaired) electrons. The Bertz CT molecular complexity index is 1100. The van der Waals surface area contributed by atoms with Gasteiger partial charge in [-0.2, -0.15) is 9.37 Å². The summed E-state index contributed by atoms with van der Waals surface area (Å²) in [7, 11) is 1.52. The van der Waals surface area contributed by atoms with Crippen molar-refractivity contribution >= 4 is 0 Å². The Morgan fingerprint density at radius 3 is 2.42 bits per heavy atom. The van der Waals surface area contributed by atoms with Gasteiger partial charge in [0.05, 0.1) is 31.4 Å². The zero-order chi connectivity index (χ0) is 23.5. The zero-order valence-corrected chi connectivity index (χ0v) is 18.5. The van der Waals surface area contributed by atoms with Crippen LogP contribution in [0.4, 0.5) is 13.2 Å². The van der Waals surface area contributed by atoms with Gasteiger partial charge in [-0.05, 0) is 37.6 Å². The first kappa shape index (κ1) is 23.1. The SMILES string of the molecule is COc1ccc(COc2c(F)c(F)cc(-c3nc(CN4C[C@@H](C)O[C@@H](C)C4)no3)c2F)cc1. The fourth-order valence-electron chi connectivity index (χ4n) is 3.78. The maximum absolute atomic E-state index is 15.1. The van der Waals surface area contributed by atoms with E-state index < -0.39 is 23.2 Å². The quantitative estimate of drug-likeness (QED) is 0.483. The van der Waals surface area contributed by atoms with Gasteiger partial charge in [-0.15, -0.1) is 0 Å². The highest BCUT2D eigenvalue weighted by Crippen LogP contribution is 2.33. The topological polar surface area (TPSA) is 69.9 Å². The minimum Gasteiger partial charge on any atom is -0.497 e. The van der Waals surface area contributed by atoms with Crippen LogP contribution in [0.25, 0.3) is 11.5 Å². The highest BCUT2D eigenvalue weighted by Gasteiger charge is 2.27. The second-order valence-electron chi connectivity index (χ2n) is 7.97. The van der Waals surface area contributed by atoms with Crippen molar-refractivity contribution in [1.82, 2.24) is 15.0 Å². The Morgan fingerprint density at radius 1 is 1.06 bits per heavy atom. The molecule has 3 aromatic rings. The van der Waals surface area contributed by atoms with Crippen molar-refractivity contribution in [1.29, 1.82) is 0 Å². The third-order valence-corrected chi connectivity index (χ3v) is 5.22. The Balaban J connectivity index is 1.53. The van der Waals surface area contributed by atoms with Crippen molar-refractivity contribution in [2.24, 2.45) is 0 Å². The predicted octanol–water partition coefficient (Wildman–Crippen LogP) is 4.35. The monoisotopic (exact) mass is 463 g/mol. The standard InChI is InChI=1S/C23H24F3N3O4/c1-13-9-29(10-14(2)32-13)11-19-27-23(33-28-19)17-8-18(24)21(26)22(20(17)25)31-12-15-4-6-16(30-3)7-5-15/h4-8,13-14H,9-12H2,1-3H3/t13-,14+. The van der Waals surface area contributed by atoms with Gasteiger partial charge < -0.3 is 18.7 Å². The summed E-state index contributed by atoms with van der Waals surface area (Å²) in [5.41, 5.74) is 0.246. The van der Waals surface area contributed by atoms with Gasteiger partial charge >= 0.3 is 0 Å². The maximum atomic E-state index is 15.1. The number of halogens is 3. The molecule has 33 heavy (non-hydrogen) atoms. The molecule has 176 valence electrons. The number of morpholine rings is 1. The molecule has 1 aliphatic rings. The van der Waals surface area contributed by atoms with Crippen LogP contribution in [-0.4, -0.2) is 47.4 Å². The van der Waals surface area contributed by atoms with E-state index in [0.717, 1.165) is 0 Å². The van der Waals surface area contributed by atoms with E-state index in [-0.39, 0.29) is 30.3 Å². The fraction of sp³-hybridized carbons (Fsp3) is 0.391. The molecule has 0 unspecified atom stereocenters. The van der Waals surface area contributed by atoms with Crippen LogP contribution in [0, 0.1) is 17.5 Å². The third-order valence-electron chi connectivity index (χ3n) is 5.22. The van der Waals surface area contributed by atoms with Gasteiger partial charge in [0.1, 0.15) is 12.4 Å². The molecule has 4 rings (SSSR count). The molecular weight excluding hydrogens is 439 g/mol. The predicted molar refractivity (Wildman–Crippen MR) is 112 cm³/mol. The minimum atomic E-state index is -1.43. The number of ether oxygens (including phenoxy) is 3. The summed E-state index contributed by atoms with van der Waals surface area (Å²) in [6.07, 6.45) is 0.100. The molecule has 2 atom stereocenters. The van der Waals surface area contributed by atoms with Gasteiger partial charge in [0, 0.05) is 13.1 Å². The summed E-state index contributed by atoms with van der Waals surface area (Å²) in [5.74, 6) is -4.02. The summed E-state index contributed by atoms with van der Waals surface area (Å²) >= 11 is 0. The average molecular weight is 463 g/mol. The van der Waals surface area contributed by atoms with E-state index in [1.165, 1.54) is 7.11 Å². The lowest BCUT2D eigenvalue weighted by Gasteiger charge is -2.34. The smallest absolute Gasteiger partial charge is 0.261 e. The Labute approximate surface area is 189 Å². The summed E-state index contributed by atoms with van der Waals surface area (Å²) in [4.78, 5) is 6.26. The van der Waals surface area contributed by atoms with Crippen LogP contribution in [0.5, 0.6) is 11.5 Å². The highest BCUT2D eigenvalue weighted by atomic mass is 19.2. The van der Waals surface area contributed by atoms with Crippen molar-refractivity contribution in [2.75, 3.05) is 20.2 Å². The lowest BCUT2D eigenvalue weighted by molar-refractivity contribution is -0.0712. The molecule has 0 bridgehead atoms. The molecule has 0 aliphatic carbocycles. The molecule has 7 nitrogen and oxygen atoms in total. The van der Waals surface area contributed by atoms with Crippen LogP contribution < -0.4 is 9.47 Å². The van der Waals surface area contributed by atoms with Crippen LogP contribution in [0.2, 0.25) is 0 Å². The number of methoxy groups -OCH3 is 1. The van der Waals surface area contributed by atoms with Gasteiger partial charge in [-0.1, -0.05) is 17.3 Å². The van der Waals surface area contributed by atoms with Gasteiger partial charge in [-0.3, -0.25) is 4.90 Å². The first-order valence-corrected chi connectivity index (χ1v) is 10.5. The van der Waals surface area contributed by atoms with Crippen molar-refractivity contribution < 1.29 is 31.9 Å². The maximum Gasteiger partial charge on any atom is 0.261 e. The van der Waals surface area contributed by atoms with Gasteiger partial charge in [0.15, 0.2) is 23.2 Å². The molecule has 0 saturated carbocycles. The summed E-state index contributed by atoms with van der Waals surface area (Å²) in [6, 6.07) is 7.39. The normalized spacial score (nSPS) is 19.0. The van der Waals surface area contributed by atoms with Crippen LogP contribution >= 0.6 is 0 Å². The first-order chi connectivity index (χ1) is 15.8. The summed E-state index contributed by atoms with van der Waals surface area (Å²) in [6.45, 7) is 5.47. The molecule has 1 fully saturated rings. The number of hydrogen-bond acceptors (Lipinski definition) is 7. The van der Waals surface area contributed by atoms with E-state index in [2.05, 4.69) is 15.0 Å². The highest BCUT2D eigenvalue weighted by molar-refractivity contribution is 5.58. The molecule has 2 aromatic carbocycles. The molecule has 1 aliphatic heterocycles. The van der Waals surface area contributed by atoms with Crippen LogP contribution in [0.3, 0.4) is 0 Å². The zero-order valence-electron chi connectivity index (χ0n) is 18.5. The number of hydrogen-bond donors (Lipinski definition) is 0. The molecule has 1 saturated heterocycles. The molecular formula is C23H24F3N3O4. The second kappa shape index (κ2) is 9.80. The molecule has 0 N–H and O–H groups in total. The molecule has 2 heterocycles. The van der Waals surface area contributed by atoms with Crippen molar-refractivity contribution in [3.63, 3.8) is 0 Å². The summed E-state index contributed by atoms with van der Waals surface area (Å²) in [5, 5.41) is 3.87. The van der Waals surface area contributed by atoms with Crippen molar-refractivity contribution in [2.45, 2.75) is 39.2 Å². The van der Waals surface area contributed by atoms with E-state index in [1.54, 1.807) is 24.3 Å². The van der Waals surface area contributed by atoms with E-state index in [4.69, 9.17) is 18.7 Å². The largest absolute Gasteiger partial charge is 0.497 e. The van der Waals surface area contributed by atoms with Crippen LogP contribution in [-0.2, 0) is 17.9 Å². The number of aromatic nitrogens is 2. The van der Waals surface area contributed by atoms with E-state index >= 15 is 4.39 Å². The number of rotatable bonds is 7. The van der Waals surface area contributed by atoms with Gasteiger partial charge in [0.25, 0.3) is 5.89 Å². The molecule has 0 spiro atoms. The second-order valence-corrected chi connectivity index (χ2v) is 7.97. The van der Waals surface area contributed by atoms with E-state index in [1.807, 2.05) is 13.8 Å². The number of benzene rings is 2. The summed E-state index contributed by atoms with van der Waals surface area (Å²) < 4.78 is 64.8. The Kier molecular flexibility index (Phi) is 6.85. The molecule has 1 aromatic heterocycles. The molecule has 0 amide bonds. The lowest BCUT2D eigenvalue weighted by atomic mass is 10.1. The van der Waals surface area contributed by atoms with Crippen molar-refractivity contribution in [3.8, 4) is 23.0 Å². The van der Waals surface area contributed by atoms with E-state index in [0.29, 0.717) is 42.8 Å². The first-order valence-electron chi connectivity index (χ1n) is 10.5. The Hall–Kier alpha value is -3.11. The van der Waals surface area contributed by atoms with Gasteiger partial charge in [-0.25, -0.2) is 8.78 Å². The lowest BCUT2D eigenvalue weighted by Crippen LogP contribution is -2.44. The van der Waals surface area contributed by atoms with Gasteiger partial charge in [0.2, 0.25) is 5.82 Å². The van der Waals surface area contributed by atoms with Crippen molar-refractivity contribution in [3.05, 3.63) is 59.2 Å². The minimum absolute atomic E-state index is 0.0502.